The van der Waals surface area contributed by atoms with Gasteiger partial charge in [-0.05, 0) is 0 Å². The molecule has 0 atom stereocenters. The summed E-state index contributed by atoms with van der Waals surface area (Å²) >= 11 is 1.26. The van der Waals surface area contributed by atoms with E-state index in [0.29, 0.717) is 5.13 Å². The molecule has 0 aliphatic heterocycles. The number of aromatic nitrogens is 2. The molecule has 0 spiro atoms. The topological polar surface area (TPSA) is 107 Å². The van der Waals surface area contributed by atoms with Gasteiger partial charge in [0.1, 0.15) is 6.54 Å². The van der Waals surface area contributed by atoms with Gasteiger partial charge in [0.05, 0.1) is 16.8 Å². The highest BCUT2D eigenvalue weighted by atomic mass is 32.1. The quantitative estimate of drug-likeness (QED) is 0.558. The zero-order chi connectivity index (χ0) is 17.8. The number of carbonyl (C=O) groups excluding carboxylic acids is 1. The molecule has 0 radical (unpaired) electrons. The Morgan fingerprint density at radius 2 is 2.00 bits per heavy atom. The van der Waals surface area contributed by atoms with Gasteiger partial charge in [-0.2, -0.15) is 0 Å². The van der Waals surface area contributed by atoms with Crippen molar-refractivity contribution in [2.75, 3.05) is 5.32 Å². The van der Waals surface area contributed by atoms with E-state index in [-0.39, 0.29) is 12.2 Å². The summed E-state index contributed by atoms with van der Waals surface area (Å²) < 4.78 is 0.985. The largest absolute Gasteiger partial charge is 0.300 e. The van der Waals surface area contributed by atoms with Crippen LogP contribution < -0.4 is 10.9 Å². The number of rotatable bonds is 5. The minimum absolute atomic E-state index is 0.256. The predicted octanol–water partition coefficient (Wildman–Crippen LogP) is 2.52. The lowest BCUT2D eigenvalue weighted by Crippen LogP contribution is -2.26. The van der Waals surface area contributed by atoms with Crippen molar-refractivity contribution in [3.63, 3.8) is 0 Å². The van der Waals surface area contributed by atoms with Gasteiger partial charge < -0.3 is 5.32 Å². The summed E-state index contributed by atoms with van der Waals surface area (Å²) in [4.78, 5) is 38.3. The van der Waals surface area contributed by atoms with Gasteiger partial charge >= 0.3 is 0 Å². The highest BCUT2D eigenvalue weighted by Gasteiger charge is 2.12. The zero-order valence-corrected chi connectivity index (χ0v) is 13.6. The van der Waals surface area contributed by atoms with Crippen LogP contribution in [0, 0.1) is 10.1 Å². The number of hydrogen-bond acceptors (Lipinski definition) is 6. The first kappa shape index (κ1) is 16.5. The molecule has 0 unspecified atom stereocenters. The number of hydrogen-bond donors (Lipinski definition) is 1. The summed E-state index contributed by atoms with van der Waals surface area (Å²) in [5.41, 5.74) is 0.903. The van der Waals surface area contributed by atoms with E-state index in [1.54, 1.807) is 0 Å². The fourth-order valence-corrected chi connectivity index (χ4v) is 2.87. The normalized spacial score (nSPS) is 10.4. The van der Waals surface area contributed by atoms with Crippen LogP contribution in [0.5, 0.6) is 0 Å². The van der Waals surface area contributed by atoms with Gasteiger partial charge in [-0.3, -0.25) is 24.3 Å². The summed E-state index contributed by atoms with van der Waals surface area (Å²) in [6.45, 7) is -0.333. The van der Waals surface area contributed by atoms with Crippen molar-refractivity contribution in [1.82, 2.24) is 9.55 Å². The Bertz CT molecular complexity index is 981. The van der Waals surface area contributed by atoms with E-state index in [1.165, 1.54) is 11.3 Å². The molecule has 9 heteroatoms. The molecule has 2 heterocycles. The van der Waals surface area contributed by atoms with Crippen LogP contribution in [0.3, 0.4) is 0 Å². The average Bonchev–Trinajstić information content (AvgIpc) is 3.06. The number of nitro groups is 1. The van der Waals surface area contributed by atoms with Crippen LogP contribution in [0.2, 0.25) is 0 Å². The van der Waals surface area contributed by atoms with Gasteiger partial charge in [-0.1, -0.05) is 30.3 Å². The molecule has 25 heavy (non-hydrogen) atoms. The minimum Gasteiger partial charge on any atom is -0.300 e. The average molecular weight is 356 g/mol. The lowest BCUT2D eigenvalue weighted by Gasteiger charge is -2.05. The van der Waals surface area contributed by atoms with Gasteiger partial charge in [-0.15, -0.1) is 11.3 Å². The van der Waals surface area contributed by atoms with Crippen LogP contribution in [0.4, 0.5) is 10.8 Å². The van der Waals surface area contributed by atoms with Crippen molar-refractivity contribution >= 4 is 28.1 Å². The Labute approximate surface area is 145 Å². The Morgan fingerprint density at radius 3 is 2.72 bits per heavy atom. The molecule has 2 aromatic heterocycles. The molecule has 0 aliphatic rings. The van der Waals surface area contributed by atoms with Crippen molar-refractivity contribution in [3.8, 4) is 11.3 Å². The number of amides is 1. The molecular formula is C16H12N4O4S. The van der Waals surface area contributed by atoms with E-state index in [1.807, 2.05) is 35.7 Å². The van der Waals surface area contributed by atoms with E-state index >= 15 is 0 Å². The minimum atomic E-state index is -0.624. The molecule has 3 aromatic rings. The second-order valence-electron chi connectivity index (χ2n) is 5.06. The van der Waals surface area contributed by atoms with Gasteiger partial charge in [0, 0.05) is 23.1 Å². The first-order valence-electron chi connectivity index (χ1n) is 7.18. The molecule has 126 valence electrons. The summed E-state index contributed by atoms with van der Waals surface area (Å²) in [6, 6.07) is 11.7. The molecule has 0 fully saturated rings. The summed E-state index contributed by atoms with van der Waals surface area (Å²) in [5, 5.41) is 15.6. The van der Waals surface area contributed by atoms with Crippen molar-refractivity contribution in [3.05, 3.63) is 74.5 Å². The Hall–Kier alpha value is -3.33. The molecule has 0 aliphatic carbocycles. The number of anilines is 1. The van der Waals surface area contributed by atoms with E-state index < -0.39 is 16.4 Å². The van der Waals surface area contributed by atoms with Crippen LogP contribution >= 0.6 is 11.3 Å². The van der Waals surface area contributed by atoms with Crippen molar-refractivity contribution in [2.45, 2.75) is 6.54 Å². The molecule has 3 rings (SSSR count). The van der Waals surface area contributed by atoms with E-state index in [0.717, 1.165) is 34.2 Å². The van der Waals surface area contributed by atoms with Gasteiger partial charge in [0.25, 0.3) is 11.2 Å². The number of benzene rings is 1. The van der Waals surface area contributed by atoms with Gasteiger partial charge in [0.15, 0.2) is 5.13 Å². The third-order valence-corrected chi connectivity index (χ3v) is 4.07. The lowest BCUT2D eigenvalue weighted by atomic mass is 10.2. The summed E-state index contributed by atoms with van der Waals surface area (Å²) in [6.07, 6.45) is 1.04. The molecular weight excluding hydrogens is 344 g/mol. The Morgan fingerprint density at radius 1 is 1.24 bits per heavy atom. The van der Waals surface area contributed by atoms with Gasteiger partial charge in [0.2, 0.25) is 5.91 Å². The standard InChI is InChI=1S/C16H12N4O4S/c21-14(9-19-8-12(20(23)24)6-7-15(19)22)18-16-17-13(10-25-16)11-4-2-1-3-5-11/h1-8,10H,9H2,(H,17,18,21). The highest BCUT2D eigenvalue weighted by molar-refractivity contribution is 7.14. The van der Waals surface area contributed by atoms with E-state index in [9.17, 15) is 19.7 Å². The fraction of sp³-hybridized carbons (Fsp3) is 0.0625. The Balaban J connectivity index is 1.71. The number of thiazole rings is 1. The molecule has 8 nitrogen and oxygen atoms in total. The number of carbonyl (C=O) groups is 1. The van der Waals surface area contributed by atoms with E-state index in [4.69, 9.17) is 0 Å². The Kier molecular flexibility index (Phi) is 4.66. The highest BCUT2D eigenvalue weighted by Crippen LogP contribution is 2.24. The SMILES string of the molecule is O=C(Cn1cc([N+](=O)[O-])ccc1=O)Nc1nc(-c2ccccc2)cs1. The number of nitrogens with one attached hydrogen (secondary N) is 1. The number of pyridine rings is 1. The zero-order valence-electron chi connectivity index (χ0n) is 12.8. The van der Waals surface area contributed by atoms with Crippen molar-refractivity contribution in [2.24, 2.45) is 0 Å². The van der Waals surface area contributed by atoms with Gasteiger partial charge in [-0.25, -0.2) is 4.98 Å². The third-order valence-electron chi connectivity index (χ3n) is 3.31. The maximum Gasteiger partial charge on any atom is 0.285 e. The van der Waals surface area contributed by atoms with Crippen LogP contribution in [0.25, 0.3) is 11.3 Å². The maximum atomic E-state index is 12.1. The van der Waals surface area contributed by atoms with Crippen LogP contribution in [0.1, 0.15) is 0 Å². The predicted molar refractivity (Wildman–Crippen MR) is 93.5 cm³/mol. The molecule has 0 bridgehead atoms. The smallest absolute Gasteiger partial charge is 0.285 e. The van der Waals surface area contributed by atoms with Crippen LogP contribution in [-0.4, -0.2) is 20.4 Å². The first-order valence-corrected chi connectivity index (χ1v) is 8.06. The summed E-state index contributed by atoms with van der Waals surface area (Å²) in [7, 11) is 0. The van der Waals surface area contributed by atoms with Crippen molar-refractivity contribution in [1.29, 1.82) is 0 Å². The monoisotopic (exact) mass is 356 g/mol. The van der Waals surface area contributed by atoms with Crippen molar-refractivity contribution < 1.29 is 9.72 Å². The molecule has 1 aromatic carbocycles. The second kappa shape index (κ2) is 7.05. The molecule has 1 N–H and O–H groups in total. The fourth-order valence-electron chi connectivity index (χ4n) is 2.14. The van der Waals surface area contributed by atoms with Crippen LogP contribution in [0.15, 0.2) is 58.8 Å². The molecule has 0 saturated carbocycles. The van der Waals surface area contributed by atoms with E-state index in [2.05, 4.69) is 10.3 Å². The third kappa shape index (κ3) is 3.96. The number of nitrogens with zero attached hydrogens (tertiary/aromatic N) is 3. The molecule has 0 saturated heterocycles. The lowest BCUT2D eigenvalue weighted by molar-refractivity contribution is -0.385. The maximum absolute atomic E-state index is 12.1. The molecule has 1 amide bonds. The van der Waals surface area contributed by atoms with Crippen LogP contribution in [-0.2, 0) is 11.3 Å². The summed E-state index contributed by atoms with van der Waals surface area (Å²) in [5.74, 6) is -0.489. The second-order valence-corrected chi connectivity index (χ2v) is 5.92. The first-order chi connectivity index (χ1) is 12.0.